The van der Waals surface area contributed by atoms with Crippen LogP contribution in [0, 0.1) is 0 Å². The number of hydrogen-bond acceptors (Lipinski definition) is 4. The number of carbonyl (C=O) groups is 1. The van der Waals surface area contributed by atoms with Crippen molar-refractivity contribution in [2.24, 2.45) is 0 Å². The first kappa shape index (κ1) is 16.5. The van der Waals surface area contributed by atoms with Crippen molar-refractivity contribution in [1.29, 1.82) is 0 Å². The third kappa shape index (κ3) is 2.99. The van der Waals surface area contributed by atoms with Crippen LogP contribution >= 0.6 is 0 Å². The van der Waals surface area contributed by atoms with Crippen molar-refractivity contribution < 1.29 is 14.6 Å². The molecule has 1 fully saturated rings. The number of rotatable bonds is 5. The topological polar surface area (TPSA) is 62.7 Å². The molecule has 0 spiro atoms. The van der Waals surface area contributed by atoms with E-state index in [9.17, 15) is 9.90 Å². The van der Waals surface area contributed by atoms with Gasteiger partial charge in [-0.3, -0.25) is 9.88 Å². The Balaban J connectivity index is 1.76. The zero-order chi connectivity index (χ0) is 17.2. The molecule has 5 heteroatoms. The van der Waals surface area contributed by atoms with Crippen molar-refractivity contribution in [3.05, 3.63) is 66.0 Å². The van der Waals surface area contributed by atoms with Crippen LogP contribution in [0.2, 0.25) is 0 Å². The third-order valence-electron chi connectivity index (χ3n) is 4.84. The molecule has 1 N–H and O–H groups in total. The van der Waals surface area contributed by atoms with Gasteiger partial charge in [0.05, 0.1) is 12.2 Å². The minimum absolute atomic E-state index is 0.216. The van der Waals surface area contributed by atoms with Crippen LogP contribution in [-0.2, 0) is 17.7 Å². The number of aromatic nitrogens is 1. The predicted molar refractivity (Wildman–Crippen MR) is 90.1 cm³/mol. The van der Waals surface area contributed by atoms with E-state index in [1.54, 1.807) is 20.0 Å². The molecule has 126 valence electrons. The van der Waals surface area contributed by atoms with Gasteiger partial charge in [-0.25, -0.2) is 4.79 Å². The molecule has 1 aliphatic rings. The fourth-order valence-corrected chi connectivity index (χ4v) is 3.00. The average Bonchev–Trinajstić information content (AvgIpc) is 2.75. The Bertz CT molecular complexity index is 700. The largest absolute Gasteiger partial charge is 0.438 e. The lowest BCUT2D eigenvalue weighted by Gasteiger charge is -2.37. The lowest BCUT2D eigenvalue weighted by molar-refractivity contribution is -0.141. The van der Waals surface area contributed by atoms with E-state index in [0.717, 1.165) is 12.0 Å². The number of benzene rings is 1. The summed E-state index contributed by atoms with van der Waals surface area (Å²) in [6.07, 6.45) is 2.41. The molecule has 1 aromatic heterocycles. The minimum atomic E-state index is -1.41. The summed E-state index contributed by atoms with van der Waals surface area (Å²) in [6.45, 7) is 3.63. The smallest absolute Gasteiger partial charge is 0.413 e. The number of aryl methyl sites for hydroxylation is 1. The van der Waals surface area contributed by atoms with Gasteiger partial charge in [0.2, 0.25) is 0 Å². The Kier molecular flexibility index (Phi) is 4.28. The Morgan fingerprint density at radius 1 is 1.12 bits per heavy atom. The number of carbonyl (C=O) groups excluding carboxylic acids is 1. The normalized spacial score (nSPS) is 26.5. The summed E-state index contributed by atoms with van der Waals surface area (Å²) in [5.74, 6) is 0. The molecule has 0 radical (unpaired) electrons. The van der Waals surface area contributed by atoms with Gasteiger partial charge in [0.15, 0.2) is 11.3 Å². The van der Waals surface area contributed by atoms with Crippen LogP contribution in [0.4, 0.5) is 4.79 Å². The van der Waals surface area contributed by atoms with Crippen LogP contribution < -0.4 is 0 Å². The van der Waals surface area contributed by atoms with E-state index in [2.05, 4.69) is 4.98 Å². The highest BCUT2D eigenvalue weighted by Crippen LogP contribution is 2.41. The highest BCUT2D eigenvalue weighted by atomic mass is 16.6. The van der Waals surface area contributed by atoms with Crippen molar-refractivity contribution in [3.8, 4) is 0 Å². The van der Waals surface area contributed by atoms with Crippen LogP contribution in [-0.4, -0.2) is 32.4 Å². The van der Waals surface area contributed by atoms with Gasteiger partial charge in [-0.1, -0.05) is 36.4 Å². The van der Waals surface area contributed by atoms with Crippen LogP contribution in [0.25, 0.3) is 0 Å². The monoisotopic (exact) mass is 326 g/mol. The summed E-state index contributed by atoms with van der Waals surface area (Å²) in [6, 6.07) is 15.5. The van der Waals surface area contributed by atoms with Crippen LogP contribution in [0.15, 0.2) is 54.7 Å². The predicted octanol–water partition coefficient (Wildman–Crippen LogP) is 3.13. The van der Waals surface area contributed by atoms with Gasteiger partial charge in [0, 0.05) is 6.20 Å². The number of nitrogens with zero attached hydrogens (tertiary/aromatic N) is 2. The molecule has 1 amide bonds. The molecule has 5 nitrogen and oxygen atoms in total. The number of cyclic esters (lactones) is 1. The second-order valence-electron chi connectivity index (χ2n) is 6.51. The van der Waals surface area contributed by atoms with Gasteiger partial charge in [0.1, 0.15) is 0 Å². The van der Waals surface area contributed by atoms with Gasteiger partial charge in [-0.15, -0.1) is 0 Å². The molecule has 2 unspecified atom stereocenters. The van der Waals surface area contributed by atoms with Crippen molar-refractivity contribution in [2.75, 3.05) is 0 Å². The summed E-state index contributed by atoms with van der Waals surface area (Å²) in [4.78, 5) is 17.9. The third-order valence-corrected chi connectivity index (χ3v) is 4.84. The number of ether oxygens (including phenoxy) is 1. The fourth-order valence-electron chi connectivity index (χ4n) is 3.00. The molecule has 0 saturated carbocycles. The molecular weight excluding hydrogens is 304 g/mol. The first-order valence-corrected chi connectivity index (χ1v) is 8.09. The lowest BCUT2D eigenvalue weighted by atomic mass is 9.87. The van der Waals surface area contributed by atoms with E-state index in [0.29, 0.717) is 12.1 Å². The van der Waals surface area contributed by atoms with Gasteiger partial charge in [-0.2, -0.15) is 0 Å². The second kappa shape index (κ2) is 6.24. The van der Waals surface area contributed by atoms with Crippen molar-refractivity contribution in [1.82, 2.24) is 9.88 Å². The maximum atomic E-state index is 12.3. The number of aliphatic hydroxyl groups is 1. The van der Waals surface area contributed by atoms with E-state index >= 15 is 0 Å². The van der Waals surface area contributed by atoms with Crippen molar-refractivity contribution >= 4 is 6.09 Å². The minimum Gasteiger partial charge on any atom is -0.438 e. The standard InChI is InChI=1S/C19H22N2O3/c1-18(12-11-15-8-4-3-5-9-15)19(2,23)21(17(22)24-18)14-16-10-6-7-13-20-16/h3-10,13,23H,11-12,14H2,1-2H3. The maximum absolute atomic E-state index is 12.3. The van der Waals surface area contributed by atoms with E-state index in [-0.39, 0.29) is 6.54 Å². The SMILES string of the molecule is CC1(CCc2ccccc2)OC(=O)N(Cc2ccccn2)C1(C)O. The van der Waals surface area contributed by atoms with Gasteiger partial charge < -0.3 is 9.84 Å². The molecule has 2 heterocycles. The summed E-state index contributed by atoms with van der Waals surface area (Å²) in [5, 5.41) is 11.0. The zero-order valence-electron chi connectivity index (χ0n) is 14.0. The lowest BCUT2D eigenvalue weighted by Crippen LogP contribution is -2.54. The van der Waals surface area contributed by atoms with E-state index in [4.69, 9.17) is 4.74 Å². The molecule has 1 saturated heterocycles. The molecule has 2 aromatic rings. The van der Waals surface area contributed by atoms with Crippen LogP contribution in [0.1, 0.15) is 31.5 Å². The summed E-state index contributed by atoms with van der Waals surface area (Å²) in [5.41, 5.74) is -0.527. The molecule has 1 aromatic carbocycles. The van der Waals surface area contributed by atoms with Crippen LogP contribution in [0.5, 0.6) is 0 Å². The molecule has 1 aliphatic heterocycles. The first-order valence-electron chi connectivity index (χ1n) is 8.09. The Hall–Kier alpha value is -2.40. The Morgan fingerprint density at radius 3 is 2.50 bits per heavy atom. The van der Waals surface area contributed by atoms with E-state index in [1.165, 1.54) is 4.90 Å². The van der Waals surface area contributed by atoms with Gasteiger partial charge in [0.25, 0.3) is 0 Å². The van der Waals surface area contributed by atoms with Gasteiger partial charge >= 0.3 is 6.09 Å². The van der Waals surface area contributed by atoms with E-state index in [1.807, 2.05) is 48.5 Å². The quantitative estimate of drug-likeness (QED) is 0.917. The summed E-state index contributed by atoms with van der Waals surface area (Å²) >= 11 is 0. The first-order chi connectivity index (χ1) is 11.4. The van der Waals surface area contributed by atoms with Crippen molar-refractivity contribution in [3.63, 3.8) is 0 Å². The number of pyridine rings is 1. The summed E-state index contributed by atoms with van der Waals surface area (Å²) in [7, 11) is 0. The molecular formula is C19H22N2O3. The molecule has 0 bridgehead atoms. The molecule has 24 heavy (non-hydrogen) atoms. The van der Waals surface area contributed by atoms with Crippen molar-refractivity contribution in [2.45, 2.75) is 44.6 Å². The summed E-state index contributed by atoms with van der Waals surface area (Å²) < 4.78 is 5.58. The number of hydrogen-bond donors (Lipinski definition) is 1. The number of amides is 1. The van der Waals surface area contributed by atoms with Crippen LogP contribution in [0.3, 0.4) is 0 Å². The van der Waals surface area contributed by atoms with E-state index < -0.39 is 17.4 Å². The molecule has 3 rings (SSSR count). The average molecular weight is 326 g/mol. The fraction of sp³-hybridized carbons (Fsp3) is 0.368. The second-order valence-corrected chi connectivity index (χ2v) is 6.51. The highest BCUT2D eigenvalue weighted by Gasteiger charge is 2.58. The zero-order valence-corrected chi connectivity index (χ0v) is 14.0. The maximum Gasteiger partial charge on any atom is 0.413 e. The Labute approximate surface area is 141 Å². The highest BCUT2D eigenvalue weighted by molar-refractivity contribution is 5.72. The Morgan fingerprint density at radius 2 is 1.83 bits per heavy atom. The molecule has 2 atom stereocenters. The molecule has 0 aliphatic carbocycles. The van der Waals surface area contributed by atoms with Gasteiger partial charge in [-0.05, 0) is 44.4 Å².